The lowest BCUT2D eigenvalue weighted by Crippen LogP contribution is -2.20. The van der Waals surface area contributed by atoms with Crippen LogP contribution in [0, 0.1) is 0 Å². The lowest BCUT2D eigenvalue weighted by atomic mass is 10.4. The number of carboxylic acids is 1. The zero-order valence-corrected chi connectivity index (χ0v) is 6.30. The maximum Gasteiger partial charge on any atom is 0.305 e. The van der Waals surface area contributed by atoms with Crippen molar-refractivity contribution in [2.45, 2.75) is 11.8 Å². The van der Waals surface area contributed by atoms with Gasteiger partial charge in [0, 0.05) is 5.75 Å². The summed E-state index contributed by atoms with van der Waals surface area (Å²) in [7, 11) is 0. The number of hydrogen-bond acceptors (Lipinski definition) is 4. The molecule has 0 radical (unpaired) electrons. The fourth-order valence-corrected chi connectivity index (χ4v) is 1.10. The molecule has 0 aromatic heterocycles. The average molecular weight is 165 g/mol. The van der Waals surface area contributed by atoms with Crippen molar-refractivity contribution in [2.75, 3.05) is 12.4 Å². The Morgan fingerprint density at radius 1 is 1.70 bits per heavy atom. The Morgan fingerprint density at radius 2 is 2.30 bits per heavy atom. The molecule has 0 fully saturated rings. The second-order valence-corrected chi connectivity index (χ2v) is 3.08. The Bertz CT molecular complexity index is 109. The second-order valence-electron chi connectivity index (χ2n) is 1.73. The summed E-state index contributed by atoms with van der Waals surface area (Å²) < 4.78 is 0. The van der Waals surface area contributed by atoms with Crippen molar-refractivity contribution in [2.24, 2.45) is 5.73 Å². The van der Waals surface area contributed by atoms with Gasteiger partial charge >= 0.3 is 5.97 Å². The monoisotopic (exact) mass is 165 g/mol. The van der Waals surface area contributed by atoms with E-state index in [1.165, 1.54) is 11.8 Å². The van der Waals surface area contributed by atoms with E-state index < -0.39 is 11.3 Å². The number of thioether (sulfide) groups is 1. The highest BCUT2D eigenvalue weighted by molar-refractivity contribution is 7.99. The van der Waals surface area contributed by atoms with E-state index in [4.69, 9.17) is 15.9 Å². The molecule has 0 amide bonds. The lowest BCUT2D eigenvalue weighted by Gasteiger charge is -2.05. The van der Waals surface area contributed by atoms with Crippen molar-refractivity contribution in [3.05, 3.63) is 0 Å². The van der Waals surface area contributed by atoms with Crippen LogP contribution in [0.5, 0.6) is 0 Å². The molecule has 5 heteroatoms. The number of aliphatic hydroxyl groups is 1. The Labute approximate surface area is 63.4 Å². The molecule has 0 aromatic rings. The third kappa shape index (κ3) is 5.87. The molecule has 0 saturated heterocycles. The van der Waals surface area contributed by atoms with Gasteiger partial charge in [-0.15, -0.1) is 11.8 Å². The fourth-order valence-electron chi connectivity index (χ4n) is 0.435. The van der Waals surface area contributed by atoms with Crippen LogP contribution in [0.3, 0.4) is 0 Å². The van der Waals surface area contributed by atoms with Crippen LogP contribution >= 0.6 is 11.8 Å². The van der Waals surface area contributed by atoms with Crippen LogP contribution in [0.25, 0.3) is 0 Å². The molecule has 0 bridgehead atoms. The van der Waals surface area contributed by atoms with E-state index in [0.717, 1.165) is 0 Å². The normalized spacial score (nSPS) is 13.0. The van der Waals surface area contributed by atoms with Gasteiger partial charge in [0.05, 0.1) is 18.4 Å². The SMILES string of the molecule is NC(CC(=O)O)SCCO. The fraction of sp³-hybridized carbons (Fsp3) is 0.800. The van der Waals surface area contributed by atoms with Crippen LogP contribution < -0.4 is 5.73 Å². The molecular formula is C5H11NO3S. The van der Waals surface area contributed by atoms with E-state index in [0.29, 0.717) is 5.75 Å². The molecule has 60 valence electrons. The van der Waals surface area contributed by atoms with E-state index in [2.05, 4.69) is 0 Å². The van der Waals surface area contributed by atoms with Gasteiger partial charge in [0.2, 0.25) is 0 Å². The van der Waals surface area contributed by atoms with Gasteiger partial charge in [0.15, 0.2) is 0 Å². The summed E-state index contributed by atoms with van der Waals surface area (Å²) in [6.07, 6.45) is -0.0509. The largest absolute Gasteiger partial charge is 0.481 e. The number of rotatable bonds is 5. The molecule has 0 rings (SSSR count). The summed E-state index contributed by atoms with van der Waals surface area (Å²) in [6.45, 7) is 0.0397. The van der Waals surface area contributed by atoms with Crippen molar-refractivity contribution in [1.82, 2.24) is 0 Å². The van der Waals surface area contributed by atoms with Crippen LogP contribution in [0.4, 0.5) is 0 Å². The maximum absolute atomic E-state index is 10.0. The first kappa shape index (κ1) is 9.74. The van der Waals surface area contributed by atoms with E-state index in [-0.39, 0.29) is 13.0 Å². The highest BCUT2D eigenvalue weighted by Gasteiger charge is 2.06. The maximum atomic E-state index is 10.0. The smallest absolute Gasteiger partial charge is 0.305 e. The van der Waals surface area contributed by atoms with Gasteiger partial charge in [0.25, 0.3) is 0 Å². The predicted molar refractivity (Wildman–Crippen MR) is 39.8 cm³/mol. The number of aliphatic hydroxyl groups excluding tert-OH is 1. The molecule has 10 heavy (non-hydrogen) atoms. The molecule has 0 aliphatic heterocycles. The zero-order valence-electron chi connectivity index (χ0n) is 5.49. The van der Waals surface area contributed by atoms with E-state index in [1.54, 1.807) is 0 Å². The van der Waals surface area contributed by atoms with Crippen molar-refractivity contribution in [3.8, 4) is 0 Å². The molecule has 0 heterocycles. The topological polar surface area (TPSA) is 83.6 Å². The molecule has 0 aromatic carbocycles. The summed E-state index contributed by atoms with van der Waals surface area (Å²) in [5, 5.41) is 16.2. The summed E-state index contributed by atoms with van der Waals surface area (Å²) in [4.78, 5) is 10.0. The quantitative estimate of drug-likeness (QED) is 0.477. The van der Waals surface area contributed by atoms with Gasteiger partial charge in [0.1, 0.15) is 0 Å². The minimum atomic E-state index is -0.905. The number of aliphatic carboxylic acids is 1. The summed E-state index contributed by atoms with van der Waals surface area (Å²) in [6, 6.07) is 0. The Balaban J connectivity index is 3.25. The van der Waals surface area contributed by atoms with Crippen molar-refractivity contribution in [1.29, 1.82) is 0 Å². The predicted octanol–water partition coefficient (Wildman–Crippen LogP) is -0.529. The molecule has 0 saturated carbocycles. The van der Waals surface area contributed by atoms with Crippen molar-refractivity contribution in [3.63, 3.8) is 0 Å². The third-order valence-electron chi connectivity index (χ3n) is 0.799. The Hall–Kier alpha value is -0.260. The van der Waals surface area contributed by atoms with Gasteiger partial charge in [-0.3, -0.25) is 4.79 Å². The molecule has 4 nitrogen and oxygen atoms in total. The van der Waals surface area contributed by atoms with Crippen LogP contribution in [0.1, 0.15) is 6.42 Å². The molecule has 1 atom stereocenters. The van der Waals surface area contributed by atoms with Crippen LogP contribution in [-0.4, -0.2) is 33.9 Å². The number of carbonyl (C=O) groups is 1. The Kier molecular flexibility index (Phi) is 5.38. The highest BCUT2D eigenvalue weighted by Crippen LogP contribution is 2.07. The van der Waals surface area contributed by atoms with Gasteiger partial charge in [-0.25, -0.2) is 0 Å². The van der Waals surface area contributed by atoms with Crippen LogP contribution in [-0.2, 0) is 4.79 Å². The Morgan fingerprint density at radius 3 is 2.70 bits per heavy atom. The summed E-state index contributed by atoms with van der Waals surface area (Å²) in [5.41, 5.74) is 5.33. The van der Waals surface area contributed by atoms with Crippen molar-refractivity contribution >= 4 is 17.7 Å². The average Bonchev–Trinajstić information content (AvgIpc) is 1.82. The second kappa shape index (κ2) is 5.52. The van der Waals surface area contributed by atoms with E-state index in [1.807, 2.05) is 0 Å². The molecule has 0 aliphatic rings. The summed E-state index contributed by atoms with van der Waals surface area (Å²) in [5.74, 6) is -0.410. The van der Waals surface area contributed by atoms with E-state index >= 15 is 0 Å². The number of carboxylic acid groups (broad SMARTS) is 1. The minimum Gasteiger partial charge on any atom is -0.481 e. The molecule has 0 spiro atoms. The molecule has 4 N–H and O–H groups in total. The number of nitrogens with two attached hydrogens (primary N) is 1. The first-order valence-electron chi connectivity index (χ1n) is 2.86. The van der Waals surface area contributed by atoms with E-state index in [9.17, 15) is 4.79 Å². The number of hydrogen-bond donors (Lipinski definition) is 3. The zero-order chi connectivity index (χ0) is 7.98. The van der Waals surface area contributed by atoms with Gasteiger partial charge in [-0.1, -0.05) is 0 Å². The first-order chi connectivity index (χ1) is 4.66. The standard InChI is InChI=1S/C5H11NO3S/c6-4(3-5(8)9)10-2-1-7/h4,7H,1-3,6H2,(H,8,9). The molecular weight excluding hydrogens is 154 g/mol. The minimum absolute atomic E-state index is 0.0397. The van der Waals surface area contributed by atoms with Gasteiger partial charge in [-0.05, 0) is 0 Å². The van der Waals surface area contributed by atoms with Crippen molar-refractivity contribution < 1.29 is 15.0 Å². The molecule has 1 unspecified atom stereocenters. The van der Waals surface area contributed by atoms with Crippen LogP contribution in [0.15, 0.2) is 0 Å². The van der Waals surface area contributed by atoms with Gasteiger partial charge in [-0.2, -0.15) is 0 Å². The van der Waals surface area contributed by atoms with Gasteiger partial charge < -0.3 is 15.9 Å². The lowest BCUT2D eigenvalue weighted by molar-refractivity contribution is -0.136. The third-order valence-corrected chi connectivity index (χ3v) is 1.81. The van der Waals surface area contributed by atoms with Crippen LogP contribution in [0.2, 0.25) is 0 Å². The summed E-state index contributed by atoms with van der Waals surface area (Å²) >= 11 is 1.25. The first-order valence-corrected chi connectivity index (χ1v) is 3.91. The highest BCUT2D eigenvalue weighted by atomic mass is 32.2. The molecule has 0 aliphatic carbocycles.